The fraction of sp³-hybridized carbons (Fsp3) is 0.304. The molecule has 0 radical (unpaired) electrons. The lowest BCUT2D eigenvalue weighted by Gasteiger charge is -2.17. The number of benzene rings is 2. The molecule has 0 aliphatic carbocycles. The van der Waals surface area contributed by atoms with Crippen LogP contribution in [0.1, 0.15) is 22.5 Å². The van der Waals surface area contributed by atoms with Crippen molar-refractivity contribution in [2.75, 3.05) is 13.6 Å². The van der Waals surface area contributed by atoms with Crippen LogP contribution in [0.3, 0.4) is 0 Å². The van der Waals surface area contributed by atoms with Gasteiger partial charge in [-0.2, -0.15) is 5.10 Å². The molecule has 150 valence electrons. The maximum Gasteiger partial charge on any atom is 0.191 e. The maximum absolute atomic E-state index is 6.00. The quantitative estimate of drug-likeness (QED) is 0.520. The lowest BCUT2D eigenvalue weighted by Crippen LogP contribution is -2.42. The van der Waals surface area contributed by atoms with Crippen molar-refractivity contribution in [1.29, 1.82) is 0 Å². The lowest BCUT2D eigenvalue weighted by atomic mass is 10.1. The SMILES string of the molecule is CN=C(NCc1ccccc1-n1nc(C)cc1C)NCC1Cc2ccccc2O1. The minimum atomic E-state index is 0.118. The number of aliphatic imine (C=N–C) groups is 1. The highest BCUT2D eigenvalue weighted by Gasteiger charge is 2.22. The first-order chi connectivity index (χ1) is 14.1. The Hall–Kier alpha value is -3.28. The monoisotopic (exact) mass is 389 g/mol. The third-order valence-electron chi connectivity index (χ3n) is 5.11. The number of rotatable bonds is 5. The Morgan fingerprint density at radius 2 is 1.93 bits per heavy atom. The van der Waals surface area contributed by atoms with E-state index in [1.807, 2.05) is 35.9 Å². The minimum absolute atomic E-state index is 0.118. The van der Waals surface area contributed by atoms with Crippen molar-refractivity contribution in [1.82, 2.24) is 20.4 Å². The van der Waals surface area contributed by atoms with Crippen molar-refractivity contribution in [2.45, 2.75) is 32.9 Å². The number of hydrogen-bond donors (Lipinski definition) is 2. The van der Waals surface area contributed by atoms with Crippen LogP contribution in [-0.4, -0.2) is 35.4 Å². The predicted octanol–water partition coefficient (Wildman–Crippen LogP) is 3.16. The van der Waals surface area contributed by atoms with Gasteiger partial charge in [0.05, 0.1) is 17.9 Å². The van der Waals surface area contributed by atoms with Gasteiger partial charge in [0, 0.05) is 25.7 Å². The highest BCUT2D eigenvalue weighted by atomic mass is 16.5. The van der Waals surface area contributed by atoms with Gasteiger partial charge in [0.25, 0.3) is 0 Å². The summed E-state index contributed by atoms with van der Waals surface area (Å²) in [6.45, 7) is 5.44. The van der Waals surface area contributed by atoms with Crippen molar-refractivity contribution in [3.8, 4) is 11.4 Å². The number of nitrogens with zero attached hydrogens (tertiary/aromatic N) is 3. The Labute approximate surface area is 171 Å². The van der Waals surface area contributed by atoms with E-state index in [0.29, 0.717) is 13.1 Å². The van der Waals surface area contributed by atoms with Crippen molar-refractivity contribution in [3.63, 3.8) is 0 Å². The molecular weight excluding hydrogens is 362 g/mol. The van der Waals surface area contributed by atoms with Crippen molar-refractivity contribution in [2.24, 2.45) is 4.99 Å². The number of fused-ring (bicyclic) bond motifs is 1. The van der Waals surface area contributed by atoms with Crippen LogP contribution < -0.4 is 15.4 Å². The van der Waals surface area contributed by atoms with Crippen LogP contribution in [0.15, 0.2) is 59.6 Å². The molecule has 29 heavy (non-hydrogen) atoms. The topological polar surface area (TPSA) is 63.5 Å². The zero-order chi connectivity index (χ0) is 20.2. The molecule has 1 aliphatic rings. The summed E-state index contributed by atoms with van der Waals surface area (Å²) in [5.74, 6) is 1.74. The van der Waals surface area contributed by atoms with Crippen molar-refractivity contribution in [3.05, 3.63) is 77.1 Å². The molecular formula is C23H27N5O. The molecule has 0 spiro atoms. The van der Waals surface area contributed by atoms with Gasteiger partial charge < -0.3 is 15.4 Å². The highest BCUT2D eigenvalue weighted by Crippen LogP contribution is 2.27. The third-order valence-corrected chi connectivity index (χ3v) is 5.11. The summed E-state index contributed by atoms with van der Waals surface area (Å²) >= 11 is 0. The fourth-order valence-electron chi connectivity index (χ4n) is 3.72. The number of aryl methyl sites for hydroxylation is 2. The van der Waals surface area contributed by atoms with Crippen LogP contribution in [0.4, 0.5) is 0 Å². The van der Waals surface area contributed by atoms with Gasteiger partial charge in [-0.25, -0.2) is 4.68 Å². The van der Waals surface area contributed by atoms with E-state index in [-0.39, 0.29) is 6.10 Å². The van der Waals surface area contributed by atoms with Gasteiger partial charge in [-0.15, -0.1) is 0 Å². The number of guanidine groups is 1. The first kappa shape index (κ1) is 19.1. The molecule has 6 nitrogen and oxygen atoms in total. The summed E-state index contributed by atoms with van der Waals surface area (Å²) in [5, 5.41) is 11.4. The molecule has 0 amide bonds. The maximum atomic E-state index is 6.00. The van der Waals surface area contributed by atoms with Crippen molar-refractivity contribution >= 4 is 5.96 Å². The molecule has 0 saturated heterocycles. The van der Waals surface area contributed by atoms with E-state index in [2.05, 4.69) is 58.0 Å². The molecule has 1 aromatic heterocycles. The highest BCUT2D eigenvalue weighted by molar-refractivity contribution is 5.79. The molecule has 2 N–H and O–H groups in total. The Morgan fingerprint density at radius 1 is 1.14 bits per heavy atom. The molecule has 0 fully saturated rings. The van der Waals surface area contributed by atoms with E-state index >= 15 is 0 Å². The molecule has 1 unspecified atom stereocenters. The normalized spacial score (nSPS) is 15.7. The van der Waals surface area contributed by atoms with E-state index in [9.17, 15) is 0 Å². The molecule has 0 bridgehead atoms. The Morgan fingerprint density at radius 3 is 2.69 bits per heavy atom. The molecule has 1 aliphatic heterocycles. The second kappa shape index (κ2) is 8.39. The number of para-hydroxylation sites is 2. The Kier molecular flexibility index (Phi) is 5.51. The van der Waals surface area contributed by atoms with Gasteiger partial charge in [-0.05, 0) is 43.2 Å². The van der Waals surface area contributed by atoms with Crippen molar-refractivity contribution < 1.29 is 4.74 Å². The number of ether oxygens (including phenoxy) is 1. The molecule has 0 saturated carbocycles. The van der Waals surface area contributed by atoms with Crippen LogP contribution in [0, 0.1) is 13.8 Å². The van der Waals surface area contributed by atoms with Gasteiger partial charge >= 0.3 is 0 Å². The standard InChI is InChI=1S/C23H27N5O/c1-16-12-17(2)28(27-16)21-10-6-4-9-19(21)14-25-23(24-3)26-15-20-13-18-8-5-7-11-22(18)29-20/h4-12,20H,13-15H2,1-3H3,(H2,24,25,26). The van der Waals surface area contributed by atoms with Crippen LogP contribution >= 0.6 is 0 Å². The van der Waals surface area contributed by atoms with Gasteiger partial charge in [-0.1, -0.05) is 36.4 Å². The predicted molar refractivity (Wildman–Crippen MR) is 116 cm³/mol. The molecule has 6 heteroatoms. The average molecular weight is 390 g/mol. The summed E-state index contributed by atoms with van der Waals surface area (Å²) in [4.78, 5) is 4.35. The molecule has 2 aromatic carbocycles. The van der Waals surface area contributed by atoms with E-state index < -0.39 is 0 Å². The van der Waals surface area contributed by atoms with Gasteiger partial charge in [0.2, 0.25) is 0 Å². The van der Waals surface area contributed by atoms with E-state index in [0.717, 1.165) is 40.8 Å². The minimum Gasteiger partial charge on any atom is -0.488 e. The molecule has 2 heterocycles. The average Bonchev–Trinajstić information content (AvgIpc) is 3.30. The first-order valence-corrected chi connectivity index (χ1v) is 9.94. The summed E-state index contributed by atoms with van der Waals surface area (Å²) in [5.41, 5.74) is 5.64. The Bertz CT molecular complexity index is 999. The van der Waals surface area contributed by atoms with Crippen LogP contribution in [0.2, 0.25) is 0 Å². The summed E-state index contributed by atoms with van der Waals surface area (Å²) in [6, 6.07) is 18.6. The number of aromatic nitrogens is 2. The zero-order valence-electron chi connectivity index (χ0n) is 17.1. The zero-order valence-corrected chi connectivity index (χ0v) is 17.1. The second-order valence-corrected chi connectivity index (χ2v) is 7.33. The van der Waals surface area contributed by atoms with E-state index in [4.69, 9.17) is 4.74 Å². The van der Waals surface area contributed by atoms with E-state index in [1.54, 1.807) is 7.05 Å². The van der Waals surface area contributed by atoms with E-state index in [1.165, 1.54) is 5.56 Å². The molecule has 1 atom stereocenters. The van der Waals surface area contributed by atoms with Gasteiger partial charge in [-0.3, -0.25) is 4.99 Å². The summed E-state index contributed by atoms with van der Waals surface area (Å²) < 4.78 is 7.99. The number of nitrogens with one attached hydrogen (secondary N) is 2. The van der Waals surface area contributed by atoms with Crippen LogP contribution in [-0.2, 0) is 13.0 Å². The van der Waals surface area contributed by atoms with Gasteiger partial charge in [0.15, 0.2) is 5.96 Å². The molecule has 3 aromatic rings. The number of hydrogen-bond acceptors (Lipinski definition) is 3. The largest absolute Gasteiger partial charge is 0.488 e. The smallest absolute Gasteiger partial charge is 0.191 e. The van der Waals surface area contributed by atoms with Gasteiger partial charge in [0.1, 0.15) is 11.9 Å². The summed E-state index contributed by atoms with van der Waals surface area (Å²) in [6.07, 6.45) is 1.04. The Balaban J connectivity index is 1.37. The third kappa shape index (κ3) is 4.26. The second-order valence-electron chi connectivity index (χ2n) is 7.33. The fourth-order valence-corrected chi connectivity index (χ4v) is 3.72. The van der Waals surface area contributed by atoms with Crippen LogP contribution in [0.5, 0.6) is 5.75 Å². The van der Waals surface area contributed by atoms with Crippen LogP contribution in [0.25, 0.3) is 5.69 Å². The summed E-state index contributed by atoms with van der Waals surface area (Å²) in [7, 11) is 1.78. The lowest BCUT2D eigenvalue weighted by molar-refractivity contribution is 0.235. The first-order valence-electron chi connectivity index (χ1n) is 9.94. The molecule has 4 rings (SSSR count).